The molecule has 0 amide bonds. The second-order valence-electron chi connectivity index (χ2n) is 11.3. The first kappa shape index (κ1) is 26.8. The maximum absolute atomic E-state index is 13.0. The zero-order valence-electron chi connectivity index (χ0n) is 23.0. The molecule has 3 nitrogen and oxygen atoms in total. The molecule has 4 aromatic carbocycles. The topological polar surface area (TPSA) is 38.3 Å². The molecule has 5 rings (SSSR count). The van der Waals surface area contributed by atoms with Crippen LogP contribution in [-0.4, -0.2) is 8.96 Å². The second kappa shape index (κ2) is 10.4. The molecule has 0 spiro atoms. The number of hydrogen-bond acceptors (Lipinski definition) is 2. The van der Waals surface area contributed by atoms with Gasteiger partial charge in [-0.1, -0.05) is 111 Å². The molecule has 0 saturated carbocycles. The van der Waals surface area contributed by atoms with Gasteiger partial charge in [0.1, 0.15) is 11.5 Å². The van der Waals surface area contributed by atoms with Gasteiger partial charge < -0.3 is 4.74 Å². The third-order valence-electron chi connectivity index (χ3n) is 7.17. The van der Waals surface area contributed by atoms with Crippen molar-refractivity contribution in [1.82, 2.24) is 4.72 Å². The lowest BCUT2D eigenvalue weighted by molar-refractivity contribution is 0.412. The molecular formula is C33H36NO2PS. The number of benzene rings is 4. The van der Waals surface area contributed by atoms with E-state index in [1.165, 1.54) is 21.5 Å². The van der Waals surface area contributed by atoms with Gasteiger partial charge >= 0.3 is 0 Å². The van der Waals surface area contributed by atoms with Gasteiger partial charge in [0.25, 0.3) is 0 Å². The molecule has 38 heavy (non-hydrogen) atoms. The third-order valence-corrected chi connectivity index (χ3v) is 11.3. The van der Waals surface area contributed by atoms with E-state index < -0.39 is 18.9 Å². The summed E-state index contributed by atoms with van der Waals surface area (Å²) in [5.41, 5.74) is 3.11. The van der Waals surface area contributed by atoms with Crippen LogP contribution in [0.3, 0.4) is 0 Å². The predicted molar refractivity (Wildman–Crippen MR) is 163 cm³/mol. The fourth-order valence-electron chi connectivity index (χ4n) is 5.03. The van der Waals surface area contributed by atoms with E-state index in [0.717, 1.165) is 22.6 Å². The van der Waals surface area contributed by atoms with Crippen LogP contribution in [0.25, 0.3) is 0 Å². The smallest absolute Gasteiger partial charge is 0.139 e. The summed E-state index contributed by atoms with van der Waals surface area (Å²) in [7, 11) is -2.03. The Balaban J connectivity index is 1.66. The van der Waals surface area contributed by atoms with Crippen LogP contribution in [0.1, 0.15) is 64.3 Å². The van der Waals surface area contributed by atoms with Gasteiger partial charge in [0, 0.05) is 33.5 Å². The Morgan fingerprint density at radius 3 is 1.84 bits per heavy atom. The average Bonchev–Trinajstić information content (AvgIpc) is 2.90. The molecule has 0 aromatic heterocycles. The molecule has 5 heteroatoms. The minimum absolute atomic E-state index is 0.140. The molecule has 2 unspecified atom stereocenters. The largest absolute Gasteiger partial charge is 0.456 e. The summed E-state index contributed by atoms with van der Waals surface area (Å²) < 4.78 is 22.9. The van der Waals surface area contributed by atoms with Crippen LogP contribution >= 0.6 is 7.92 Å². The number of fused-ring (bicyclic) bond motifs is 2. The predicted octanol–water partition coefficient (Wildman–Crippen LogP) is 6.99. The van der Waals surface area contributed by atoms with Gasteiger partial charge in [-0.05, 0) is 46.2 Å². The Hall–Kier alpha value is -2.78. The van der Waals surface area contributed by atoms with Crippen LogP contribution < -0.4 is 25.4 Å². The van der Waals surface area contributed by atoms with E-state index in [4.69, 9.17) is 4.74 Å². The standard InChI is InChI=1S/C33H36NO2PS/c1-23(34-38(35)32(2,3)4)26-19-13-20-27-30(26)36-31-28(33(27,5)6)21-14-22-29(31)37(24-15-9-7-10-16-24)25-17-11-8-12-18-25/h7-23,34H,1-6H3. The lowest BCUT2D eigenvalue weighted by Gasteiger charge is -2.38. The number of hydrogen-bond donors (Lipinski definition) is 1. The Labute approximate surface area is 231 Å². The Kier molecular flexibility index (Phi) is 7.35. The van der Waals surface area contributed by atoms with Gasteiger partial charge in [-0.15, -0.1) is 0 Å². The van der Waals surface area contributed by atoms with Gasteiger partial charge in [0.15, 0.2) is 0 Å². The van der Waals surface area contributed by atoms with E-state index in [1.807, 2.05) is 20.8 Å². The zero-order valence-corrected chi connectivity index (χ0v) is 24.7. The second-order valence-corrected chi connectivity index (χ2v) is 15.5. The van der Waals surface area contributed by atoms with Gasteiger partial charge in [-0.25, -0.2) is 8.93 Å². The van der Waals surface area contributed by atoms with Crippen LogP contribution in [-0.2, 0) is 16.4 Å². The molecule has 0 bridgehead atoms. The molecule has 0 fully saturated rings. The fraction of sp³-hybridized carbons (Fsp3) is 0.273. The molecule has 0 saturated heterocycles. The summed E-state index contributed by atoms with van der Waals surface area (Å²) in [6.45, 7) is 12.6. The summed E-state index contributed by atoms with van der Waals surface area (Å²) in [5, 5.41) is 3.79. The molecular weight excluding hydrogens is 505 g/mol. The van der Waals surface area contributed by atoms with Crippen LogP contribution in [0.15, 0.2) is 97.1 Å². The Morgan fingerprint density at radius 1 is 0.763 bits per heavy atom. The number of para-hydroxylation sites is 2. The van der Waals surface area contributed by atoms with Gasteiger partial charge in [0.2, 0.25) is 0 Å². The van der Waals surface area contributed by atoms with Crippen LogP contribution in [0.2, 0.25) is 0 Å². The summed E-state index contributed by atoms with van der Waals surface area (Å²) in [6, 6.07) is 34.3. The van der Waals surface area contributed by atoms with Gasteiger partial charge in [-0.3, -0.25) is 0 Å². The molecule has 1 aliphatic rings. The summed E-state index contributed by atoms with van der Waals surface area (Å²) in [6.07, 6.45) is 0. The van der Waals surface area contributed by atoms with E-state index in [2.05, 4.69) is 123 Å². The minimum Gasteiger partial charge on any atom is -0.456 e. The number of ether oxygens (including phenoxy) is 1. The third kappa shape index (κ3) is 4.98. The van der Waals surface area contributed by atoms with Crippen LogP contribution in [0, 0.1) is 0 Å². The fourth-order valence-corrected chi connectivity index (χ4v) is 8.23. The first-order valence-electron chi connectivity index (χ1n) is 13.1. The first-order valence-corrected chi connectivity index (χ1v) is 15.6. The maximum atomic E-state index is 13.0. The highest BCUT2D eigenvalue weighted by atomic mass is 32.2. The molecule has 0 aliphatic carbocycles. The van der Waals surface area contributed by atoms with E-state index in [9.17, 15) is 4.21 Å². The molecule has 1 N–H and O–H groups in total. The molecule has 0 radical (unpaired) electrons. The van der Waals surface area contributed by atoms with E-state index in [-0.39, 0.29) is 16.2 Å². The summed E-state index contributed by atoms with van der Waals surface area (Å²) in [5.74, 6) is 1.82. The van der Waals surface area contributed by atoms with Crippen LogP contribution in [0.5, 0.6) is 11.5 Å². The van der Waals surface area contributed by atoms with Crippen molar-refractivity contribution in [2.75, 3.05) is 0 Å². The van der Waals surface area contributed by atoms with E-state index >= 15 is 0 Å². The van der Waals surface area contributed by atoms with Crippen molar-refractivity contribution < 1.29 is 8.95 Å². The Bertz CT molecular complexity index is 1420. The number of rotatable bonds is 6. The van der Waals surface area contributed by atoms with Crippen molar-refractivity contribution in [3.8, 4) is 11.5 Å². The van der Waals surface area contributed by atoms with Crippen molar-refractivity contribution in [1.29, 1.82) is 0 Å². The van der Waals surface area contributed by atoms with Crippen molar-refractivity contribution >= 4 is 34.8 Å². The highest BCUT2D eigenvalue weighted by Gasteiger charge is 2.38. The molecule has 4 aromatic rings. The molecule has 1 aliphatic heterocycles. The zero-order chi connectivity index (χ0) is 27.1. The van der Waals surface area contributed by atoms with Crippen molar-refractivity contribution in [2.45, 2.75) is 57.7 Å². The van der Waals surface area contributed by atoms with Crippen molar-refractivity contribution in [2.24, 2.45) is 0 Å². The van der Waals surface area contributed by atoms with Crippen molar-refractivity contribution in [3.05, 3.63) is 114 Å². The monoisotopic (exact) mass is 541 g/mol. The first-order chi connectivity index (χ1) is 18.1. The maximum Gasteiger partial charge on any atom is 0.139 e. The Morgan fingerprint density at radius 2 is 1.29 bits per heavy atom. The quantitative estimate of drug-likeness (QED) is 0.267. The number of nitrogens with one attached hydrogen (secondary N) is 1. The lowest BCUT2D eigenvalue weighted by Crippen LogP contribution is -2.35. The summed E-state index contributed by atoms with van der Waals surface area (Å²) in [4.78, 5) is 0. The van der Waals surface area contributed by atoms with Crippen LogP contribution in [0.4, 0.5) is 0 Å². The molecule has 1 heterocycles. The van der Waals surface area contributed by atoms with Gasteiger partial charge in [-0.2, -0.15) is 0 Å². The van der Waals surface area contributed by atoms with Crippen molar-refractivity contribution in [3.63, 3.8) is 0 Å². The minimum atomic E-state index is -1.20. The normalized spacial score (nSPS) is 15.8. The van der Waals surface area contributed by atoms with E-state index in [1.54, 1.807) is 0 Å². The molecule has 196 valence electrons. The molecule has 2 atom stereocenters. The highest BCUT2D eigenvalue weighted by Crippen LogP contribution is 2.52. The SMILES string of the molecule is CC(NS(=O)C(C)(C)C)c1cccc2c1Oc1c(P(c3ccccc3)c3ccccc3)cccc1C2(C)C. The lowest BCUT2D eigenvalue weighted by atomic mass is 9.75. The summed E-state index contributed by atoms with van der Waals surface area (Å²) >= 11 is 0. The average molecular weight is 542 g/mol. The van der Waals surface area contributed by atoms with Gasteiger partial charge in [0.05, 0.1) is 15.7 Å². The van der Waals surface area contributed by atoms with E-state index in [0.29, 0.717) is 0 Å². The highest BCUT2D eigenvalue weighted by molar-refractivity contribution is 7.84.